The Morgan fingerprint density at radius 1 is 1.18 bits per heavy atom. The van der Waals surface area contributed by atoms with Crippen molar-refractivity contribution in [3.05, 3.63) is 82.7 Å². The lowest BCUT2D eigenvalue weighted by molar-refractivity contribution is 0.0955. The number of hydrogen-bond donors (Lipinski definition) is 2. The van der Waals surface area contributed by atoms with Crippen molar-refractivity contribution >= 4 is 12.1 Å². The molecule has 0 aliphatic carbocycles. The predicted molar refractivity (Wildman–Crippen MR) is 140 cm³/mol. The number of ether oxygens (including phenoxy) is 3. The zero-order valence-corrected chi connectivity index (χ0v) is 21.2. The largest absolute Gasteiger partial charge is 0.508 e. The number of likely N-dealkylation sites (N-methyl/N-ethyl adjacent to an activating group) is 1. The van der Waals surface area contributed by atoms with Crippen molar-refractivity contribution in [2.24, 2.45) is 5.10 Å². The van der Waals surface area contributed by atoms with Gasteiger partial charge in [-0.3, -0.25) is 9.69 Å². The molecular weight excluding hydrogens is 502 g/mol. The van der Waals surface area contributed by atoms with Crippen molar-refractivity contribution in [2.75, 3.05) is 27.5 Å². The van der Waals surface area contributed by atoms with E-state index in [4.69, 9.17) is 14.2 Å². The lowest BCUT2D eigenvalue weighted by atomic mass is 9.90. The van der Waals surface area contributed by atoms with E-state index in [1.54, 1.807) is 60.3 Å². The molecule has 3 aromatic carbocycles. The van der Waals surface area contributed by atoms with Crippen molar-refractivity contribution in [3.63, 3.8) is 0 Å². The Kier molecular flexibility index (Phi) is 6.29. The van der Waals surface area contributed by atoms with Crippen molar-refractivity contribution in [2.45, 2.75) is 12.5 Å². The number of nitrogens with zero attached hydrogens (tertiary/aromatic N) is 6. The Bertz CT molecular complexity index is 1550. The number of methoxy groups -OCH3 is 1. The molecule has 4 aromatic rings. The normalized spacial score (nSPS) is 16.3. The van der Waals surface area contributed by atoms with Gasteiger partial charge >= 0.3 is 0 Å². The number of hydrazone groups is 1. The maximum absolute atomic E-state index is 12.6. The molecule has 1 atom stereocenters. The number of phenols is 1. The van der Waals surface area contributed by atoms with Gasteiger partial charge < -0.3 is 19.3 Å². The number of tetrazole rings is 1. The average Bonchev–Trinajstić information content (AvgIpc) is 3.63. The van der Waals surface area contributed by atoms with Gasteiger partial charge in [-0.25, -0.2) is 5.43 Å². The summed E-state index contributed by atoms with van der Waals surface area (Å²) in [6, 6.07) is 15.1. The van der Waals surface area contributed by atoms with E-state index >= 15 is 0 Å². The number of carbonyl (C=O) groups excluding carboxylic acids is 1. The molecule has 2 aliphatic rings. The molecule has 12 nitrogen and oxygen atoms in total. The van der Waals surface area contributed by atoms with E-state index in [0.717, 1.165) is 29.7 Å². The SMILES string of the molecule is COc1c2c(cc3c1[C@@H](c1nnnn1-c1ccc(C(=O)N/N=C\c4ccc(O)cc4)cc1)N(C)CC3)OCO2. The molecule has 12 heteroatoms. The number of fused-ring (bicyclic) bond motifs is 2. The van der Waals surface area contributed by atoms with Crippen molar-refractivity contribution in [1.82, 2.24) is 30.5 Å². The molecule has 6 rings (SSSR count). The van der Waals surface area contributed by atoms with E-state index in [1.807, 2.05) is 13.1 Å². The first-order chi connectivity index (χ1) is 19.0. The Morgan fingerprint density at radius 2 is 1.97 bits per heavy atom. The highest BCUT2D eigenvalue weighted by Crippen LogP contribution is 2.50. The van der Waals surface area contributed by atoms with Crippen molar-refractivity contribution < 1.29 is 24.1 Å². The minimum Gasteiger partial charge on any atom is -0.508 e. The van der Waals surface area contributed by atoms with Crippen molar-refractivity contribution in [3.8, 4) is 28.7 Å². The molecule has 2 N–H and O–H groups in total. The van der Waals surface area contributed by atoms with Gasteiger partial charge in [0.05, 0.1) is 19.0 Å². The van der Waals surface area contributed by atoms with Crippen LogP contribution in [0, 0.1) is 0 Å². The minimum atomic E-state index is -0.365. The monoisotopic (exact) mass is 527 g/mol. The molecule has 2 aliphatic heterocycles. The molecule has 0 saturated heterocycles. The van der Waals surface area contributed by atoms with E-state index in [9.17, 15) is 9.90 Å². The smallest absolute Gasteiger partial charge is 0.271 e. The number of phenolic OH excluding ortho intramolecular Hbond substituents is 1. The molecule has 0 saturated carbocycles. The third-order valence-electron chi connectivity index (χ3n) is 6.78. The topological polar surface area (TPSA) is 136 Å². The molecule has 0 spiro atoms. The minimum absolute atomic E-state index is 0.148. The summed E-state index contributed by atoms with van der Waals surface area (Å²) in [5, 5.41) is 26.0. The standard InChI is InChI=1S/C27H25N7O5/c1-33-12-11-18-13-21-24(39-15-38-21)25(37-2)22(18)23(33)26-29-31-32-34(26)19-7-5-17(6-8-19)27(36)30-28-14-16-3-9-20(35)10-4-16/h3-10,13-14,23,35H,11-12,15H2,1-2H3,(H,30,36)/b28-14-/t23-/m0/s1. The molecule has 0 fully saturated rings. The summed E-state index contributed by atoms with van der Waals surface area (Å²) in [6.45, 7) is 0.936. The van der Waals surface area contributed by atoms with E-state index in [-0.39, 0.29) is 24.5 Å². The number of aromatic nitrogens is 4. The fraction of sp³-hybridized carbons (Fsp3) is 0.222. The van der Waals surface area contributed by atoms with Crippen LogP contribution in [0.15, 0.2) is 59.7 Å². The molecule has 1 aromatic heterocycles. The maximum atomic E-state index is 12.6. The lowest BCUT2D eigenvalue weighted by Crippen LogP contribution is -2.35. The molecule has 1 amide bonds. The van der Waals surface area contributed by atoms with Crippen LogP contribution in [0.3, 0.4) is 0 Å². The zero-order valence-electron chi connectivity index (χ0n) is 21.2. The summed E-state index contributed by atoms with van der Waals surface area (Å²) >= 11 is 0. The maximum Gasteiger partial charge on any atom is 0.271 e. The van der Waals surface area contributed by atoms with Gasteiger partial charge in [0, 0.05) is 17.7 Å². The molecule has 0 unspecified atom stereocenters. The Hall–Kier alpha value is -4.97. The van der Waals surface area contributed by atoms with E-state index in [1.165, 1.54) is 6.21 Å². The molecule has 0 radical (unpaired) electrons. The van der Waals surface area contributed by atoms with Crippen LogP contribution in [0.2, 0.25) is 0 Å². The third-order valence-corrected chi connectivity index (χ3v) is 6.78. The summed E-state index contributed by atoms with van der Waals surface area (Å²) < 4.78 is 18.8. The van der Waals surface area contributed by atoms with Crippen LogP contribution in [0.4, 0.5) is 0 Å². The molecule has 3 heterocycles. The second-order valence-electron chi connectivity index (χ2n) is 9.14. The van der Waals surface area contributed by atoms with Gasteiger partial charge in [0.1, 0.15) is 11.8 Å². The summed E-state index contributed by atoms with van der Waals surface area (Å²) in [4.78, 5) is 14.8. The highest BCUT2D eigenvalue weighted by Gasteiger charge is 2.37. The first-order valence-electron chi connectivity index (χ1n) is 12.2. The van der Waals surface area contributed by atoms with E-state index in [0.29, 0.717) is 34.3 Å². The Balaban J connectivity index is 1.26. The molecule has 39 heavy (non-hydrogen) atoms. The summed E-state index contributed by atoms with van der Waals surface area (Å²) in [7, 11) is 3.63. The molecule has 198 valence electrons. The first kappa shape index (κ1) is 24.4. The fourth-order valence-corrected chi connectivity index (χ4v) is 4.85. The second-order valence-corrected chi connectivity index (χ2v) is 9.14. The van der Waals surface area contributed by atoms with Gasteiger partial charge in [-0.2, -0.15) is 9.78 Å². The van der Waals surface area contributed by atoms with Crippen LogP contribution in [0.5, 0.6) is 23.0 Å². The van der Waals surface area contributed by atoms with E-state index in [2.05, 4.69) is 31.0 Å². The number of hydrogen-bond acceptors (Lipinski definition) is 10. The summed E-state index contributed by atoms with van der Waals surface area (Å²) in [6.07, 6.45) is 2.31. The van der Waals surface area contributed by atoms with Gasteiger partial charge in [-0.1, -0.05) is 0 Å². The van der Waals surface area contributed by atoms with Gasteiger partial charge in [-0.05, 0) is 89.6 Å². The van der Waals surface area contributed by atoms with Crippen LogP contribution >= 0.6 is 0 Å². The third kappa shape index (κ3) is 4.50. The molecular formula is C27H25N7O5. The van der Waals surface area contributed by atoms with Crippen molar-refractivity contribution in [1.29, 1.82) is 0 Å². The molecule has 0 bridgehead atoms. The number of aromatic hydroxyl groups is 1. The highest BCUT2D eigenvalue weighted by molar-refractivity contribution is 5.95. The van der Waals surface area contributed by atoms with Crippen LogP contribution in [0.25, 0.3) is 5.69 Å². The Labute approximate surface area is 223 Å². The number of benzene rings is 3. The number of rotatable bonds is 6. The van der Waals surface area contributed by atoms with E-state index < -0.39 is 0 Å². The number of carbonyl (C=O) groups is 1. The van der Waals surface area contributed by atoms with Crippen LogP contribution < -0.4 is 19.6 Å². The van der Waals surface area contributed by atoms with Crippen LogP contribution in [0.1, 0.15) is 38.9 Å². The zero-order chi connectivity index (χ0) is 26.9. The average molecular weight is 528 g/mol. The summed E-state index contributed by atoms with van der Waals surface area (Å²) in [5.41, 5.74) is 6.39. The van der Waals surface area contributed by atoms with Gasteiger partial charge in [0.15, 0.2) is 17.3 Å². The summed E-state index contributed by atoms with van der Waals surface area (Å²) in [5.74, 6) is 2.27. The lowest BCUT2D eigenvalue weighted by Gasteiger charge is -2.34. The Morgan fingerprint density at radius 3 is 2.74 bits per heavy atom. The van der Waals surface area contributed by atoms with Crippen LogP contribution in [-0.2, 0) is 6.42 Å². The number of amides is 1. The number of nitrogens with one attached hydrogen (secondary N) is 1. The predicted octanol–water partition coefficient (Wildman–Crippen LogP) is 2.45. The van der Waals surface area contributed by atoms with Gasteiger partial charge in [0.2, 0.25) is 12.5 Å². The van der Waals surface area contributed by atoms with Gasteiger partial charge in [-0.15, -0.1) is 5.10 Å². The highest BCUT2D eigenvalue weighted by atomic mass is 16.7. The van der Waals surface area contributed by atoms with Crippen LogP contribution in [-0.4, -0.2) is 69.8 Å². The van der Waals surface area contributed by atoms with Gasteiger partial charge in [0.25, 0.3) is 5.91 Å². The second kappa shape index (κ2) is 10.1. The first-order valence-corrected chi connectivity index (χ1v) is 12.2. The fourth-order valence-electron chi connectivity index (χ4n) is 4.85. The quantitative estimate of drug-likeness (QED) is 0.286.